The van der Waals surface area contributed by atoms with Crippen molar-refractivity contribution in [2.45, 2.75) is 24.9 Å². The lowest BCUT2D eigenvalue weighted by molar-refractivity contribution is -0.137. The SMILES string of the molecule is CNC1COCC1C(=O)N(C)C1CCCN(C)C1. The molecule has 3 atom stereocenters. The second kappa shape index (κ2) is 5.99. The summed E-state index contributed by atoms with van der Waals surface area (Å²) >= 11 is 0. The van der Waals surface area contributed by atoms with Crippen molar-refractivity contribution in [3.8, 4) is 0 Å². The highest BCUT2D eigenvalue weighted by Gasteiger charge is 2.37. The van der Waals surface area contributed by atoms with Gasteiger partial charge in [-0.25, -0.2) is 0 Å². The summed E-state index contributed by atoms with van der Waals surface area (Å²) in [5.41, 5.74) is 0. The molecule has 5 heteroatoms. The van der Waals surface area contributed by atoms with Crippen molar-refractivity contribution in [1.82, 2.24) is 15.1 Å². The van der Waals surface area contributed by atoms with Gasteiger partial charge in [-0.1, -0.05) is 0 Å². The van der Waals surface area contributed by atoms with Gasteiger partial charge in [-0.05, 0) is 33.5 Å². The standard InChI is InChI=1S/C13H25N3O2/c1-14-12-9-18-8-11(12)13(17)16(3)10-5-4-6-15(2)7-10/h10-12,14H,4-9H2,1-3H3. The highest BCUT2D eigenvalue weighted by Crippen LogP contribution is 2.20. The Labute approximate surface area is 109 Å². The van der Waals surface area contributed by atoms with Gasteiger partial charge >= 0.3 is 0 Å². The summed E-state index contributed by atoms with van der Waals surface area (Å²) < 4.78 is 5.42. The van der Waals surface area contributed by atoms with E-state index in [2.05, 4.69) is 17.3 Å². The van der Waals surface area contributed by atoms with Crippen LogP contribution in [0.15, 0.2) is 0 Å². The lowest BCUT2D eigenvalue weighted by Crippen LogP contribution is -2.51. The number of nitrogens with one attached hydrogen (secondary N) is 1. The first-order valence-electron chi connectivity index (χ1n) is 6.83. The van der Waals surface area contributed by atoms with E-state index in [-0.39, 0.29) is 17.9 Å². The molecule has 0 aromatic heterocycles. The topological polar surface area (TPSA) is 44.8 Å². The number of piperidine rings is 1. The van der Waals surface area contributed by atoms with E-state index in [1.165, 1.54) is 6.42 Å². The third kappa shape index (κ3) is 2.84. The first kappa shape index (κ1) is 13.8. The predicted octanol–water partition coefficient (Wildman–Crippen LogP) is -0.227. The number of likely N-dealkylation sites (tertiary alicyclic amines) is 1. The van der Waals surface area contributed by atoms with Gasteiger partial charge in [-0.3, -0.25) is 4.79 Å². The number of amides is 1. The summed E-state index contributed by atoms with van der Waals surface area (Å²) in [7, 11) is 5.96. The predicted molar refractivity (Wildman–Crippen MR) is 70.4 cm³/mol. The van der Waals surface area contributed by atoms with Crippen molar-refractivity contribution in [2.24, 2.45) is 5.92 Å². The van der Waals surface area contributed by atoms with E-state index in [1.54, 1.807) is 0 Å². The van der Waals surface area contributed by atoms with Gasteiger partial charge in [0.15, 0.2) is 0 Å². The molecule has 104 valence electrons. The molecule has 0 radical (unpaired) electrons. The van der Waals surface area contributed by atoms with Crippen molar-refractivity contribution < 1.29 is 9.53 Å². The van der Waals surface area contributed by atoms with Crippen molar-refractivity contribution in [3.05, 3.63) is 0 Å². The van der Waals surface area contributed by atoms with Crippen LogP contribution in [0.25, 0.3) is 0 Å². The fraction of sp³-hybridized carbons (Fsp3) is 0.923. The van der Waals surface area contributed by atoms with Crippen LogP contribution in [0, 0.1) is 5.92 Å². The van der Waals surface area contributed by atoms with E-state index in [1.807, 2.05) is 19.0 Å². The molecule has 2 rings (SSSR count). The molecule has 2 aliphatic heterocycles. The van der Waals surface area contributed by atoms with Crippen LogP contribution < -0.4 is 5.32 Å². The Kier molecular flexibility index (Phi) is 4.59. The van der Waals surface area contributed by atoms with Crippen LogP contribution in [0.1, 0.15) is 12.8 Å². The number of likely N-dealkylation sites (N-methyl/N-ethyl adjacent to an activating group) is 3. The average Bonchev–Trinajstić information content (AvgIpc) is 2.85. The monoisotopic (exact) mass is 255 g/mol. The van der Waals surface area contributed by atoms with Crippen LogP contribution in [-0.4, -0.2) is 75.2 Å². The molecule has 0 aromatic rings. The number of nitrogens with zero attached hydrogens (tertiary/aromatic N) is 2. The van der Waals surface area contributed by atoms with Gasteiger partial charge in [0.1, 0.15) is 0 Å². The Hall–Kier alpha value is -0.650. The number of ether oxygens (including phenoxy) is 1. The molecule has 2 heterocycles. The Morgan fingerprint density at radius 2 is 2.22 bits per heavy atom. The van der Waals surface area contributed by atoms with Gasteiger partial charge < -0.3 is 19.9 Å². The molecule has 5 nitrogen and oxygen atoms in total. The minimum absolute atomic E-state index is 0.0211. The lowest BCUT2D eigenvalue weighted by Gasteiger charge is -2.37. The van der Waals surface area contributed by atoms with Crippen molar-refractivity contribution in [2.75, 3.05) is 47.4 Å². The number of carbonyl (C=O) groups is 1. The maximum absolute atomic E-state index is 12.5. The highest BCUT2D eigenvalue weighted by molar-refractivity contribution is 5.80. The number of hydrogen-bond donors (Lipinski definition) is 1. The second-order valence-corrected chi connectivity index (χ2v) is 5.55. The zero-order chi connectivity index (χ0) is 13.1. The molecule has 18 heavy (non-hydrogen) atoms. The molecule has 0 aliphatic carbocycles. The van der Waals surface area contributed by atoms with E-state index >= 15 is 0 Å². The minimum Gasteiger partial charge on any atom is -0.379 e. The second-order valence-electron chi connectivity index (χ2n) is 5.55. The third-order valence-corrected chi connectivity index (χ3v) is 4.26. The zero-order valence-corrected chi connectivity index (χ0v) is 11.7. The van der Waals surface area contributed by atoms with Gasteiger partial charge in [0, 0.05) is 25.7 Å². The van der Waals surface area contributed by atoms with E-state index in [4.69, 9.17) is 4.74 Å². The summed E-state index contributed by atoms with van der Waals surface area (Å²) in [4.78, 5) is 16.8. The molecule has 0 aromatic carbocycles. The average molecular weight is 255 g/mol. The molecule has 1 amide bonds. The van der Waals surface area contributed by atoms with Crippen LogP contribution in [0.5, 0.6) is 0 Å². The quantitative estimate of drug-likeness (QED) is 0.757. The first-order valence-corrected chi connectivity index (χ1v) is 6.83. The number of rotatable bonds is 3. The van der Waals surface area contributed by atoms with Gasteiger partial charge in [-0.2, -0.15) is 0 Å². The molecular formula is C13H25N3O2. The van der Waals surface area contributed by atoms with E-state index in [9.17, 15) is 4.79 Å². The summed E-state index contributed by atoms with van der Waals surface area (Å²) in [5, 5.41) is 3.18. The Balaban J connectivity index is 1.95. The molecule has 0 saturated carbocycles. The van der Waals surface area contributed by atoms with Crippen molar-refractivity contribution in [1.29, 1.82) is 0 Å². The van der Waals surface area contributed by atoms with Gasteiger partial charge in [-0.15, -0.1) is 0 Å². The number of hydrogen-bond acceptors (Lipinski definition) is 4. The molecule has 0 spiro atoms. The van der Waals surface area contributed by atoms with Crippen LogP contribution in [-0.2, 0) is 9.53 Å². The van der Waals surface area contributed by atoms with Crippen LogP contribution >= 0.6 is 0 Å². The molecule has 0 bridgehead atoms. The normalized spacial score (nSPS) is 33.6. The van der Waals surface area contributed by atoms with Gasteiger partial charge in [0.2, 0.25) is 5.91 Å². The van der Waals surface area contributed by atoms with Gasteiger partial charge in [0.05, 0.1) is 19.1 Å². The maximum atomic E-state index is 12.5. The minimum atomic E-state index is -0.0211. The zero-order valence-electron chi connectivity index (χ0n) is 11.7. The van der Waals surface area contributed by atoms with Crippen molar-refractivity contribution >= 4 is 5.91 Å². The molecule has 3 unspecified atom stereocenters. The van der Waals surface area contributed by atoms with Crippen LogP contribution in [0.2, 0.25) is 0 Å². The third-order valence-electron chi connectivity index (χ3n) is 4.26. The highest BCUT2D eigenvalue weighted by atomic mass is 16.5. The Bertz CT molecular complexity index is 298. The van der Waals surface area contributed by atoms with E-state index in [0.717, 1.165) is 19.5 Å². The number of carbonyl (C=O) groups excluding carboxylic acids is 1. The van der Waals surface area contributed by atoms with E-state index < -0.39 is 0 Å². The summed E-state index contributed by atoms with van der Waals surface area (Å²) in [6.45, 7) is 3.33. The van der Waals surface area contributed by atoms with Gasteiger partial charge in [0.25, 0.3) is 0 Å². The summed E-state index contributed by atoms with van der Waals surface area (Å²) in [5.74, 6) is 0.208. The summed E-state index contributed by atoms with van der Waals surface area (Å²) in [6.07, 6.45) is 2.29. The molecule has 2 fully saturated rings. The molecule has 2 saturated heterocycles. The Morgan fingerprint density at radius 3 is 2.89 bits per heavy atom. The smallest absolute Gasteiger partial charge is 0.229 e. The first-order chi connectivity index (χ1) is 8.63. The molecular weight excluding hydrogens is 230 g/mol. The largest absolute Gasteiger partial charge is 0.379 e. The fourth-order valence-electron chi connectivity index (χ4n) is 2.98. The van der Waals surface area contributed by atoms with Crippen molar-refractivity contribution in [3.63, 3.8) is 0 Å². The lowest BCUT2D eigenvalue weighted by atomic mass is 9.99. The van der Waals surface area contributed by atoms with Crippen LogP contribution in [0.4, 0.5) is 0 Å². The van der Waals surface area contributed by atoms with E-state index in [0.29, 0.717) is 19.3 Å². The molecule has 1 N–H and O–H groups in total. The maximum Gasteiger partial charge on any atom is 0.229 e. The Morgan fingerprint density at radius 1 is 1.44 bits per heavy atom. The summed E-state index contributed by atoms with van der Waals surface area (Å²) in [6, 6.07) is 0.524. The fourth-order valence-corrected chi connectivity index (χ4v) is 2.98. The van der Waals surface area contributed by atoms with Crippen LogP contribution in [0.3, 0.4) is 0 Å². The molecule has 2 aliphatic rings.